The zero-order chi connectivity index (χ0) is 14.5. The van der Waals surface area contributed by atoms with Gasteiger partial charge in [0.1, 0.15) is 6.04 Å². The Labute approximate surface area is 113 Å². The van der Waals surface area contributed by atoms with E-state index in [1.165, 1.54) is 7.11 Å². The fourth-order valence-electron chi connectivity index (χ4n) is 1.52. The van der Waals surface area contributed by atoms with Crippen LogP contribution in [0.2, 0.25) is 0 Å². The van der Waals surface area contributed by atoms with Gasteiger partial charge in [-0.25, -0.2) is 4.79 Å². The van der Waals surface area contributed by atoms with Gasteiger partial charge in [0.25, 0.3) is 10.2 Å². The number of rotatable bonds is 6. The number of nitrogens with one attached hydrogen (secondary N) is 2. The van der Waals surface area contributed by atoms with Crippen molar-refractivity contribution in [2.45, 2.75) is 25.9 Å². The molecule has 0 bridgehead atoms. The van der Waals surface area contributed by atoms with Crippen LogP contribution in [0.1, 0.15) is 25.5 Å². The summed E-state index contributed by atoms with van der Waals surface area (Å²) in [5, 5.41) is 0. The van der Waals surface area contributed by atoms with Crippen molar-refractivity contribution in [2.24, 2.45) is 0 Å². The molecule has 19 heavy (non-hydrogen) atoms. The lowest BCUT2D eigenvalue weighted by atomic mass is 10.1. The quantitative estimate of drug-likeness (QED) is 0.755. The Kier molecular flexibility index (Phi) is 5.46. The first-order valence-corrected chi connectivity index (χ1v) is 7.26. The number of carbonyl (C=O) groups excluding carboxylic acids is 1. The molecule has 1 rings (SSSR count). The maximum atomic E-state index is 11.8. The third-order valence-corrected chi connectivity index (χ3v) is 3.56. The fourth-order valence-corrected chi connectivity index (χ4v) is 2.75. The molecule has 0 fully saturated rings. The molecule has 0 saturated heterocycles. The van der Waals surface area contributed by atoms with E-state index in [1.54, 1.807) is 44.2 Å². The van der Waals surface area contributed by atoms with Crippen LogP contribution in [0.15, 0.2) is 30.3 Å². The van der Waals surface area contributed by atoms with E-state index in [-0.39, 0.29) is 6.04 Å². The molecule has 0 aliphatic carbocycles. The summed E-state index contributed by atoms with van der Waals surface area (Å²) in [4.78, 5) is 11.7. The molecule has 2 N–H and O–H groups in total. The average molecular weight is 286 g/mol. The summed E-state index contributed by atoms with van der Waals surface area (Å²) in [6.45, 7) is 3.38. The lowest BCUT2D eigenvalue weighted by Crippen LogP contribution is -2.44. The number of ether oxygens (including phenoxy) is 1. The van der Waals surface area contributed by atoms with Gasteiger partial charge in [-0.2, -0.15) is 17.9 Å². The van der Waals surface area contributed by atoms with Crippen molar-refractivity contribution in [3.63, 3.8) is 0 Å². The Bertz CT molecular complexity index is 514. The lowest BCUT2D eigenvalue weighted by molar-refractivity contribution is -0.142. The van der Waals surface area contributed by atoms with Crippen LogP contribution in [-0.2, 0) is 19.7 Å². The number of benzene rings is 1. The molecule has 1 atom stereocenters. The summed E-state index contributed by atoms with van der Waals surface area (Å²) in [6.07, 6.45) is 0. The van der Waals surface area contributed by atoms with Crippen molar-refractivity contribution in [2.75, 3.05) is 7.11 Å². The van der Waals surface area contributed by atoms with Crippen molar-refractivity contribution in [1.29, 1.82) is 0 Å². The predicted molar refractivity (Wildman–Crippen MR) is 71.5 cm³/mol. The molecule has 0 amide bonds. The Balaban J connectivity index is 2.98. The second-order valence-corrected chi connectivity index (χ2v) is 5.74. The Hall–Kier alpha value is -1.44. The highest BCUT2D eigenvalue weighted by Crippen LogP contribution is 2.15. The molecule has 0 aliphatic rings. The highest BCUT2D eigenvalue weighted by atomic mass is 32.2. The highest BCUT2D eigenvalue weighted by Gasteiger charge is 2.26. The summed E-state index contributed by atoms with van der Waals surface area (Å²) in [5.41, 5.74) is 0.517. The zero-order valence-corrected chi connectivity index (χ0v) is 11.9. The van der Waals surface area contributed by atoms with Gasteiger partial charge < -0.3 is 4.74 Å². The van der Waals surface area contributed by atoms with Crippen molar-refractivity contribution < 1.29 is 17.9 Å². The first-order valence-electron chi connectivity index (χ1n) is 5.78. The second-order valence-electron chi connectivity index (χ2n) is 4.26. The van der Waals surface area contributed by atoms with Crippen LogP contribution in [0, 0.1) is 0 Å². The van der Waals surface area contributed by atoms with Gasteiger partial charge in [-0.1, -0.05) is 30.3 Å². The van der Waals surface area contributed by atoms with Gasteiger partial charge in [-0.05, 0) is 19.4 Å². The molecule has 1 aromatic rings. The van der Waals surface area contributed by atoms with Gasteiger partial charge in [-0.15, -0.1) is 0 Å². The summed E-state index contributed by atoms with van der Waals surface area (Å²) in [5.74, 6) is -0.666. The van der Waals surface area contributed by atoms with Gasteiger partial charge in [-0.3, -0.25) is 0 Å². The largest absolute Gasteiger partial charge is 0.468 e. The number of esters is 1. The molecule has 1 aromatic carbocycles. The Morgan fingerprint density at radius 3 is 2.21 bits per heavy atom. The van der Waals surface area contributed by atoms with Gasteiger partial charge in [0.05, 0.1) is 7.11 Å². The van der Waals surface area contributed by atoms with E-state index in [1.807, 2.05) is 0 Å². The van der Waals surface area contributed by atoms with Gasteiger partial charge in [0.2, 0.25) is 0 Å². The number of hydrogen-bond acceptors (Lipinski definition) is 4. The molecule has 0 radical (unpaired) electrons. The van der Waals surface area contributed by atoms with E-state index >= 15 is 0 Å². The summed E-state index contributed by atoms with van der Waals surface area (Å²) in [7, 11) is -2.57. The predicted octanol–water partition coefficient (Wildman–Crippen LogP) is 0.733. The number of hydrogen-bond donors (Lipinski definition) is 2. The van der Waals surface area contributed by atoms with E-state index < -0.39 is 22.2 Å². The lowest BCUT2D eigenvalue weighted by Gasteiger charge is -2.18. The van der Waals surface area contributed by atoms with E-state index in [0.29, 0.717) is 5.56 Å². The minimum absolute atomic E-state index is 0.272. The molecule has 0 aromatic heterocycles. The fraction of sp³-hybridized carbons (Fsp3) is 0.417. The molecular formula is C12H18N2O4S. The van der Waals surface area contributed by atoms with Gasteiger partial charge in [0, 0.05) is 6.04 Å². The maximum Gasteiger partial charge on any atom is 0.328 e. The Morgan fingerprint density at radius 2 is 1.74 bits per heavy atom. The zero-order valence-electron chi connectivity index (χ0n) is 11.1. The SMILES string of the molecule is COC(=O)C(NS(=O)(=O)NC(C)C)c1ccccc1. The Morgan fingerprint density at radius 1 is 1.16 bits per heavy atom. The monoisotopic (exact) mass is 286 g/mol. The van der Waals surface area contributed by atoms with Crippen LogP contribution < -0.4 is 9.44 Å². The molecule has 0 spiro atoms. The smallest absolute Gasteiger partial charge is 0.328 e. The minimum Gasteiger partial charge on any atom is -0.468 e. The minimum atomic E-state index is -3.78. The van der Waals surface area contributed by atoms with Crippen LogP contribution in [0.4, 0.5) is 0 Å². The first kappa shape index (κ1) is 15.6. The van der Waals surface area contributed by atoms with Crippen LogP contribution in [-0.4, -0.2) is 27.5 Å². The first-order chi connectivity index (χ1) is 8.85. The average Bonchev–Trinajstić information content (AvgIpc) is 2.34. The van der Waals surface area contributed by atoms with E-state index in [0.717, 1.165) is 0 Å². The van der Waals surface area contributed by atoms with Gasteiger partial charge in [0.15, 0.2) is 0 Å². The normalized spacial score (nSPS) is 13.3. The molecule has 7 heteroatoms. The van der Waals surface area contributed by atoms with Crippen molar-refractivity contribution in [1.82, 2.24) is 9.44 Å². The van der Waals surface area contributed by atoms with Crippen molar-refractivity contribution in [3.8, 4) is 0 Å². The topological polar surface area (TPSA) is 84.5 Å². The maximum absolute atomic E-state index is 11.8. The van der Waals surface area contributed by atoms with Crippen LogP contribution in [0.3, 0.4) is 0 Å². The molecule has 6 nitrogen and oxygen atoms in total. The number of carbonyl (C=O) groups is 1. The third kappa shape index (κ3) is 4.98. The van der Waals surface area contributed by atoms with E-state index in [4.69, 9.17) is 0 Å². The molecule has 0 aliphatic heterocycles. The summed E-state index contributed by atoms with van der Waals surface area (Å²) in [6, 6.07) is 7.18. The van der Waals surface area contributed by atoms with Crippen LogP contribution in [0.5, 0.6) is 0 Å². The standard InChI is InChI=1S/C12H18N2O4S/c1-9(2)13-19(16,17)14-11(12(15)18-3)10-7-5-4-6-8-10/h4-9,11,13-14H,1-3H3. The number of methoxy groups -OCH3 is 1. The molecular weight excluding hydrogens is 268 g/mol. The van der Waals surface area contributed by atoms with Crippen LogP contribution in [0.25, 0.3) is 0 Å². The van der Waals surface area contributed by atoms with E-state index in [9.17, 15) is 13.2 Å². The second kappa shape index (κ2) is 6.65. The molecule has 106 valence electrons. The van der Waals surface area contributed by atoms with Crippen molar-refractivity contribution in [3.05, 3.63) is 35.9 Å². The van der Waals surface area contributed by atoms with Crippen LogP contribution >= 0.6 is 0 Å². The third-order valence-electron chi connectivity index (χ3n) is 2.23. The summed E-state index contributed by atoms with van der Waals surface area (Å²) < 4.78 is 32.9. The summed E-state index contributed by atoms with van der Waals surface area (Å²) >= 11 is 0. The van der Waals surface area contributed by atoms with Crippen molar-refractivity contribution >= 4 is 16.2 Å². The molecule has 0 saturated carbocycles. The molecule has 1 unspecified atom stereocenters. The van der Waals surface area contributed by atoms with E-state index in [2.05, 4.69) is 14.2 Å². The highest BCUT2D eigenvalue weighted by molar-refractivity contribution is 7.87. The van der Waals surface area contributed by atoms with Gasteiger partial charge >= 0.3 is 5.97 Å². The molecule has 0 heterocycles.